The normalized spacial score (nSPS) is 10.9. The SMILES string of the molecule is N#C/C(=C\c1ccsc1)C(=O)Nc1nccs1. The number of hydrogen-bond donors (Lipinski definition) is 1. The van der Waals surface area contributed by atoms with E-state index in [1.54, 1.807) is 17.7 Å². The molecule has 0 aliphatic rings. The van der Waals surface area contributed by atoms with E-state index in [0.717, 1.165) is 5.56 Å². The number of carbonyl (C=O) groups excluding carboxylic acids is 1. The molecular formula is C11H7N3OS2. The molecule has 0 unspecified atom stereocenters. The van der Waals surface area contributed by atoms with Crippen LogP contribution >= 0.6 is 22.7 Å². The summed E-state index contributed by atoms with van der Waals surface area (Å²) >= 11 is 2.82. The molecule has 0 fully saturated rings. The molecule has 2 aromatic heterocycles. The van der Waals surface area contributed by atoms with Crippen molar-refractivity contribution in [2.45, 2.75) is 0 Å². The third-order valence-corrected chi connectivity index (χ3v) is 3.26. The Morgan fingerprint density at radius 3 is 3.00 bits per heavy atom. The highest BCUT2D eigenvalue weighted by Gasteiger charge is 2.10. The fourth-order valence-corrected chi connectivity index (χ4v) is 2.26. The lowest BCUT2D eigenvalue weighted by molar-refractivity contribution is -0.112. The number of hydrogen-bond acceptors (Lipinski definition) is 5. The first-order valence-electron chi connectivity index (χ1n) is 4.64. The van der Waals surface area contributed by atoms with Crippen LogP contribution in [0.4, 0.5) is 5.13 Å². The molecule has 0 aliphatic heterocycles. The van der Waals surface area contributed by atoms with Gasteiger partial charge in [0.05, 0.1) is 0 Å². The molecule has 17 heavy (non-hydrogen) atoms. The third-order valence-electron chi connectivity index (χ3n) is 1.87. The molecule has 2 aromatic rings. The Morgan fingerprint density at radius 2 is 2.41 bits per heavy atom. The van der Waals surface area contributed by atoms with E-state index in [4.69, 9.17) is 5.26 Å². The van der Waals surface area contributed by atoms with Crippen LogP contribution in [0.1, 0.15) is 5.56 Å². The first-order chi connectivity index (χ1) is 8.29. The summed E-state index contributed by atoms with van der Waals surface area (Å²) in [6, 6.07) is 3.73. The molecule has 84 valence electrons. The molecule has 0 saturated heterocycles. The number of rotatable bonds is 3. The van der Waals surface area contributed by atoms with Crippen molar-refractivity contribution in [3.63, 3.8) is 0 Å². The number of nitrogens with zero attached hydrogens (tertiary/aromatic N) is 2. The van der Waals surface area contributed by atoms with E-state index >= 15 is 0 Å². The molecule has 0 bridgehead atoms. The predicted molar refractivity (Wildman–Crippen MR) is 68.7 cm³/mol. The average Bonchev–Trinajstić information content (AvgIpc) is 2.97. The van der Waals surface area contributed by atoms with Gasteiger partial charge in [-0.2, -0.15) is 16.6 Å². The fourth-order valence-electron chi connectivity index (χ4n) is 1.12. The zero-order valence-electron chi connectivity index (χ0n) is 8.58. The Bertz CT molecular complexity index is 564. The predicted octanol–water partition coefficient (Wildman–Crippen LogP) is 2.75. The minimum absolute atomic E-state index is 0.0681. The smallest absolute Gasteiger partial charge is 0.268 e. The van der Waals surface area contributed by atoms with Crippen molar-refractivity contribution in [3.8, 4) is 6.07 Å². The summed E-state index contributed by atoms with van der Waals surface area (Å²) in [4.78, 5) is 15.7. The standard InChI is InChI=1S/C11H7N3OS2/c12-6-9(5-8-1-3-16-7-8)10(15)14-11-13-2-4-17-11/h1-5,7H,(H,13,14,15)/b9-5+. The van der Waals surface area contributed by atoms with E-state index in [1.807, 2.05) is 22.9 Å². The van der Waals surface area contributed by atoms with E-state index in [9.17, 15) is 4.79 Å². The number of thiophene rings is 1. The van der Waals surface area contributed by atoms with Crippen LogP contribution in [0.15, 0.2) is 34.0 Å². The van der Waals surface area contributed by atoms with E-state index in [0.29, 0.717) is 5.13 Å². The van der Waals surface area contributed by atoms with Gasteiger partial charge in [-0.3, -0.25) is 10.1 Å². The van der Waals surface area contributed by atoms with Crippen molar-refractivity contribution in [2.24, 2.45) is 0 Å². The van der Waals surface area contributed by atoms with E-state index in [-0.39, 0.29) is 5.57 Å². The quantitative estimate of drug-likeness (QED) is 0.682. The van der Waals surface area contributed by atoms with Crippen LogP contribution in [-0.2, 0) is 4.79 Å². The molecule has 2 rings (SSSR count). The maximum absolute atomic E-state index is 11.7. The molecule has 0 aromatic carbocycles. The van der Waals surface area contributed by atoms with Crippen molar-refractivity contribution in [2.75, 3.05) is 5.32 Å². The van der Waals surface area contributed by atoms with E-state index in [1.165, 1.54) is 22.7 Å². The number of thiazole rings is 1. The van der Waals surface area contributed by atoms with E-state index in [2.05, 4.69) is 10.3 Å². The zero-order valence-corrected chi connectivity index (χ0v) is 10.2. The summed E-state index contributed by atoms with van der Waals surface area (Å²) in [6.07, 6.45) is 3.15. The van der Waals surface area contributed by atoms with Crippen LogP contribution < -0.4 is 5.32 Å². The van der Waals surface area contributed by atoms with Crippen LogP contribution in [0.3, 0.4) is 0 Å². The summed E-state index contributed by atoms with van der Waals surface area (Å²) < 4.78 is 0. The second-order valence-electron chi connectivity index (χ2n) is 3.02. The maximum Gasteiger partial charge on any atom is 0.268 e. The van der Waals surface area contributed by atoms with Crippen molar-refractivity contribution in [3.05, 3.63) is 39.5 Å². The van der Waals surface area contributed by atoms with Gasteiger partial charge in [-0.25, -0.2) is 4.98 Å². The van der Waals surface area contributed by atoms with Crippen LogP contribution in [0.25, 0.3) is 6.08 Å². The van der Waals surface area contributed by atoms with Crippen molar-refractivity contribution < 1.29 is 4.79 Å². The number of carbonyl (C=O) groups is 1. The summed E-state index contributed by atoms with van der Waals surface area (Å²) in [5.74, 6) is -0.436. The molecule has 2 heterocycles. The Balaban J connectivity index is 2.14. The van der Waals surface area contributed by atoms with Gasteiger partial charge < -0.3 is 0 Å². The molecule has 0 radical (unpaired) electrons. The summed E-state index contributed by atoms with van der Waals surface area (Å²) in [7, 11) is 0. The lowest BCUT2D eigenvalue weighted by atomic mass is 10.2. The molecule has 1 amide bonds. The second-order valence-corrected chi connectivity index (χ2v) is 4.69. The van der Waals surface area contributed by atoms with Crippen molar-refractivity contribution in [1.82, 2.24) is 4.98 Å². The molecule has 0 aliphatic carbocycles. The second kappa shape index (κ2) is 5.39. The van der Waals surface area contributed by atoms with Gasteiger partial charge in [0.15, 0.2) is 5.13 Å². The van der Waals surface area contributed by atoms with Gasteiger partial charge in [0, 0.05) is 11.6 Å². The number of aromatic nitrogens is 1. The van der Waals surface area contributed by atoms with Gasteiger partial charge in [0.25, 0.3) is 5.91 Å². The lowest BCUT2D eigenvalue weighted by Gasteiger charge is -1.98. The highest BCUT2D eigenvalue weighted by molar-refractivity contribution is 7.13. The molecule has 0 saturated carbocycles. The number of amides is 1. The Labute approximate surface area is 106 Å². The van der Waals surface area contributed by atoms with Crippen LogP contribution in [-0.4, -0.2) is 10.9 Å². The third kappa shape index (κ3) is 3.00. The van der Waals surface area contributed by atoms with Gasteiger partial charge in [-0.1, -0.05) is 0 Å². The number of nitrogens with one attached hydrogen (secondary N) is 1. The monoisotopic (exact) mass is 261 g/mol. The summed E-state index contributed by atoms with van der Waals surface area (Å²) in [5, 5.41) is 17.5. The van der Waals surface area contributed by atoms with Crippen LogP contribution in [0, 0.1) is 11.3 Å². The first-order valence-corrected chi connectivity index (χ1v) is 6.46. The molecular weight excluding hydrogens is 254 g/mol. The molecule has 4 nitrogen and oxygen atoms in total. The van der Waals surface area contributed by atoms with Gasteiger partial charge in [-0.05, 0) is 28.5 Å². The maximum atomic E-state index is 11.7. The van der Waals surface area contributed by atoms with Gasteiger partial charge in [0.1, 0.15) is 11.6 Å². The number of nitriles is 1. The molecule has 6 heteroatoms. The Hall–Kier alpha value is -1.97. The van der Waals surface area contributed by atoms with Crippen molar-refractivity contribution in [1.29, 1.82) is 5.26 Å². The van der Waals surface area contributed by atoms with E-state index < -0.39 is 5.91 Å². The topological polar surface area (TPSA) is 65.8 Å². The minimum atomic E-state index is -0.436. The van der Waals surface area contributed by atoms with Gasteiger partial charge in [0.2, 0.25) is 0 Å². The van der Waals surface area contributed by atoms with Crippen molar-refractivity contribution >= 4 is 39.8 Å². The average molecular weight is 261 g/mol. The Kier molecular flexibility index (Phi) is 3.65. The molecule has 0 spiro atoms. The number of anilines is 1. The van der Waals surface area contributed by atoms with Gasteiger partial charge in [-0.15, -0.1) is 11.3 Å². The first kappa shape index (κ1) is 11.5. The largest absolute Gasteiger partial charge is 0.297 e. The molecule has 0 atom stereocenters. The summed E-state index contributed by atoms with van der Waals surface area (Å²) in [6.45, 7) is 0. The minimum Gasteiger partial charge on any atom is -0.297 e. The Morgan fingerprint density at radius 1 is 1.53 bits per heavy atom. The fraction of sp³-hybridized carbons (Fsp3) is 0. The highest BCUT2D eigenvalue weighted by Crippen LogP contribution is 2.14. The van der Waals surface area contributed by atoms with Gasteiger partial charge >= 0.3 is 0 Å². The molecule has 1 N–H and O–H groups in total. The lowest BCUT2D eigenvalue weighted by Crippen LogP contribution is -2.13. The zero-order chi connectivity index (χ0) is 12.1. The summed E-state index contributed by atoms with van der Waals surface area (Å²) in [5.41, 5.74) is 0.916. The van der Waals surface area contributed by atoms with Crippen LogP contribution in [0.5, 0.6) is 0 Å². The highest BCUT2D eigenvalue weighted by atomic mass is 32.1. The van der Waals surface area contributed by atoms with Crippen LogP contribution in [0.2, 0.25) is 0 Å².